The van der Waals surface area contributed by atoms with Crippen LogP contribution in [0.25, 0.3) is 0 Å². The molecular formula is C16H32N2O8. The van der Waals surface area contributed by atoms with Crippen molar-refractivity contribution in [3.8, 4) is 0 Å². The van der Waals surface area contributed by atoms with E-state index < -0.39 is 61.4 Å². The molecule has 2 rings (SSSR count). The molecule has 2 heterocycles. The van der Waals surface area contributed by atoms with Crippen LogP contribution in [0.2, 0.25) is 0 Å². The Labute approximate surface area is 152 Å². The Morgan fingerprint density at radius 1 is 0.808 bits per heavy atom. The number of hydrogen-bond acceptors (Lipinski definition) is 10. The Balaban J connectivity index is 1.91. The minimum Gasteiger partial charge on any atom is -0.394 e. The Kier molecular flexibility index (Phi) is 8.16. The second-order valence-corrected chi connectivity index (χ2v) is 7.05. The van der Waals surface area contributed by atoms with Crippen molar-refractivity contribution >= 4 is 0 Å². The highest BCUT2D eigenvalue weighted by Crippen LogP contribution is 2.28. The van der Waals surface area contributed by atoms with Gasteiger partial charge in [-0.2, -0.15) is 0 Å². The van der Waals surface area contributed by atoms with Crippen molar-refractivity contribution in [2.24, 2.45) is 23.3 Å². The summed E-state index contributed by atoms with van der Waals surface area (Å²) in [6, 6.07) is -1.68. The minimum absolute atomic E-state index is 0.00349. The predicted molar refractivity (Wildman–Crippen MR) is 89.8 cm³/mol. The van der Waals surface area contributed by atoms with Gasteiger partial charge >= 0.3 is 0 Å². The minimum atomic E-state index is -1.36. The smallest absolute Gasteiger partial charge is 0.172 e. The lowest BCUT2D eigenvalue weighted by Crippen LogP contribution is -2.61. The third kappa shape index (κ3) is 4.53. The lowest BCUT2D eigenvalue weighted by molar-refractivity contribution is -0.242. The van der Waals surface area contributed by atoms with Gasteiger partial charge in [0.15, 0.2) is 6.29 Å². The van der Waals surface area contributed by atoms with E-state index in [2.05, 4.69) is 0 Å². The van der Waals surface area contributed by atoms with E-state index in [-0.39, 0.29) is 25.7 Å². The van der Waals surface area contributed by atoms with Gasteiger partial charge in [0.05, 0.1) is 69.0 Å². The van der Waals surface area contributed by atoms with E-state index in [1.807, 2.05) is 6.92 Å². The van der Waals surface area contributed by atoms with E-state index in [1.54, 1.807) is 0 Å². The van der Waals surface area contributed by atoms with Gasteiger partial charge in [0, 0.05) is 11.8 Å². The molecule has 154 valence electrons. The number of rotatable bonds is 7. The summed E-state index contributed by atoms with van der Waals surface area (Å²) in [6.07, 6.45) is -4.65. The molecule has 2 saturated heterocycles. The fourth-order valence-corrected chi connectivity index (χ4v) is 3.72. The summed E-state index contributed by atoms with van der Waals surface area (Å²) in [5, 5.41) is 49.0. The lowest BCUT2D eigenvalue weighted by atomic mass is 9.84. The quantitative estimate of drug-likeness (QED) is 0.234. The zero-order chi connectivity index (χ0) is 19.4. The monoisotopic (exact) mass is 380 g/mol. The van der Waals surface area contributed by atoms with E-state index in [1.165, 1.54) is 0 Å². The molecule has 0 amide bonds. The summed E-state index contributed by atoms with van der Waals surface area (Å²) in [5.41, 5.74) is 11.7. The summed E-state index contributed by atoms with van der Waals surface area (Å²) in [4.78, 5) is 0. The molecule has 0 radical (unpaired) electrons. The first-order chi connectivity index (χ1) is 12.3. The van der Waals surface area contributed by atoms with Crippen molar-refractivity contribution in [2.75, 3.05) is 26.4 Å². The molecule has 9 N–H and O–H groups in total. The fourth-order valence-electron chi connectivity index (χ4n) is 3.72. The summed E-state index contributed by atoms with van der Waals surface area (Å²) >= 11 is 0. The fraction of sp³-hybridized carbons (Fsp3) is 1.00. The van der Waals surface area contributed by atoms with E-state index >= 15 is 0 Å². The van der Waals surface area contributed by atoms with Gasteiger partial charge in [-0.1, -0.05) is 6.92 Å². The maximum atomic E-state index is 10.3. The average Bonchev–Trinajstić information content (AvgIpc) is 2.64. The van der Waals surface area contributed by atoms with Crippen molar-refractivity contribution in [2.45, 2.75) is 62.2 Å². The van der Waals surface area contributed by atoms with Crippen LogP contribution in [0.4, 0.5) is 0 Å². The van der Waals surface area contributed by atoms with Crippen LogP contribution in [0, 0.1) is 11.8 Å². The number of aliphatic hydroxyl groups is 5. The van der Waals surface area contributed by atoms with Gasteiger partial charge in [-0.3, -0.25) is 0 Å². The zero-order valence-corrected chi connectivity index (χ0v) is 14.9. The molecule has 2 aliphatic rings. The van der Waals surface area contributed by atoms with Crippen molar-refractivity contribution < 1.29 is 39.7 Å². The second-order valence-electron chi connectivity index (χ2n) is 7.05. The Morgan fingerprint density at radius 2 is 1.38 bits per heavy atom. The Hall–Kier alpha value is -0.400. The van der Waals surface area contributed by atoms with Crippen LogP contribution in [0.3, 0.4) is 0 Å². The van der Waals surface area contributed by atoms with Gasteiger partial charge in [-0.05, 0) is 6.42 Å². The molecule has 26 heavy (non-hydrogen) atoms. The highest BCUT2D eigenvalue weighted by Gasteiger charge is 2.44. The predicted octanol–water partition coefficient (Wildman–Crippen LogP) is -3.51. The maximum absolute atomic E-state index is 10.3. The van der Waals surface area contributed by atoms with Crippen molar-refractivity contribution in [3.05, 3.63) is 0 Å². The first-order valence-electron chi connectivity index (χ1n) is 9.01. The van der Waals surface area contributed by atoms with E-state index in [0.29, 0.717) is 6.42 Å². The van der Waals surface area contributed by atoms with E-state index in [9.17, 15) is 25.5 Å². The summed E-state index contributed by atoms with van der Waals surface area (Å²) < 4.78 is 16.5. The summed E-state index contributed by atoms with van der Waals surface area (Å²) in [5.74, 6) is -0.891. The molecule has 0 aromatic heterocycles. The van der Waals surface area contributed by atoms with Crippen LogP contribution < -0.4 is 11.5 Å². The molecule has 0 aliphatic carbocycles. The second kappa shape index (κ2) is 9.69. The van der Waals surface area contributed by atoms with Gasteiger partial charge < -0.3 is 51.2 Å². The van der Waals surface area contributed by atoms with Crippen LogP contribution in [0.5, 0.6) is 0 Å². The molecule has 10 atom stereocenters. The lowest BCUT2D eigenvalue weighted by Gasteiger charge is -2.43. The van der Waals surface area contributed by atoms with Gasteiger partial charge in [0.25, 0.3) is 0 Å². The number of hydrogen-bond donors (Lipinski definition) is 7. The van der Waals surface area contributed by atoms with Gasteiger partial charge in [0.2, 0.25) is 0 Å². The van der Waals surface area contributed by atoms with Crippen molar-refractivity contribution in [1.29, 1.82) is 0 Å². The van der Waals surface area contributed by atoms with Crippen LogP contribution in [-0.2, 0) is 14.2 Å². The van der Waals surface area contributed by atoms with Crippen LogP contribution in [0.1, 0.15) is 13.3 Å². The zero-order valence-electron chi connectivity index (χ0n) is 14.9. The molecule has 0 saturated carbocycles. The molecule has 10 nitrogen and oxygen atoms in total. The third-order valence-corrected chi connectivity index (χ3v) is 5.47. The molecule has 0 aromatic rings. The maximum Gasteiger partial charge on any atom is 0.172 e. The number of ether oxygens (including phenoxy) is 3. The highest BCUT2D eigenvalue weighted by atomic mass is 16.6. The van der Waals surface area contributed by atoms with E-state index in [0.717, 1.165) is 0 Å². The largest absolute Gasteiger partial charge is 0.394 e. The highest BCUT2D eigenvalue weighted by molar-refractivity contribution is 4.94. The Bertz CT molecular complexity index is 427. The standard InChI is InChI=1S/C16H32N2O8/c1-2-7-9(3-19)25-11(12(17)14(7)21)6-24-5-8-10(4-20)26-16(23)13(18)15(8)22/h7-16,19-23H,2-6,17-18H2,1H3/t7?,8?,9?,10?,11-,12?,13?,14?,15?,16+/m0/s1. The molecule has 8 unspecified atom stereocenters. The topological polar surface area (TPSA) is 181 Å². The molecule has 2 fully saturated rings. The van der Waals surface area contributed by atoms with E-state index in [4.69, 9.17) is 25.7 Å². The number of aliphatic hydroxyl groups excluding tert-OH is 5. The average molecular weight is 380 g/mol. The SMILES string of the molecule is CCC1C(CO)O[C@@H](COCC2C(CO)O[C@@H](O)C(N)C2O)C(N)C1O. The normalized spacial score (nSPS) is 47.1. The first-order valence-corrected chi connectivity index (χ1v) is 9.01. The summed E-state index contributed by atoms with van der Waals surface area (Å²) in [7, 11) is 0. The van der Waals surface area contributed by atoms with Crippen LogP contribution >= 0.6 is 0 Å². The van der Waals surface area contributed by atoms with Crippen molar-refractivity contribution in [3.63, 3.8) is 0 Å². The molecule has 2 aliphatic heterocycles. The molecular weight excluding hydrogens is 348 g/mol. The first kappa shape index (κ1) is 21.9. The molecule has 0 spiro atoms. The molecule has 10 heteroatoms. The third-order valence-electron chi connectivity index (χ3n) is 5.47. The Morgan fingerprint density at radius 3 is 1.96 bits per heavy atom. The number of nitrogens with two attached hydrogens (primary N) is 2. The van der Waals surface area contributed by atoms with Gasteiger partial charge in [-0.25, -0.2) is 0 Å². The van der Waals surface area contributed by atoms with Gasteiger partial charge in [-0.15, -0.1) is 0 Å². The van der Waals surface area contributed by atoms with Gasteiger partial charge in [0.1, 0.15) is 0 Å². The molecule has 0 aromatic carbocycles. The van der Waals surface area contributed by atoms with Crippen LogP contribution in [0.15, 0.2) is 0 Å². The van der Waals surface area contributed by atoms with Crippen LogP contribution in [-0.4, -0.2) is 101 Å². The summed E-state index contributed by atoms with van der Waals surface area (Å²) in [6.45, 7) is 1.28. The molecule has 0 bridgehead atoms. The van der Waals surface area contributed by atoms with Crippen molar-refractivity contribution in [1.82, 2.24) is 0 Å².